The van der Waals surface area contributed by atoms with E-state index in [1.165, 1.54) is 0 Å². The average molecular weight is 1460 g/mol. The van der Waals surface area contributed by atoms with E-state index >= 15 is 0 Å². The van der Waals surface area contributed by atoms with E-state index in [0.29, 0.717) is 24.1 Å². The zero-order chi connectivity index (χ0) is 64.2. The van der Waals surface area contributed by atoms with Crippen molar-refractivity contribution in [1.29, 1.82) is 0 Å². The van der Waals surface area contributed by atoms with Gasteiger partial charge in [-0.25, -0.2) is 29.9 Å². The van der Waals surface area contributed by atoms with Crippen LogP contribution in [0.2, 0.25) is 135 Å². The number of hydrogen-bond acceptors (Lipinski definition) is 16. The van der Waals surface area contributed by atoms with E-state index < -0.39 is 67.5 Å². The van der Waals surface area contributed by atoms with Crippen molar-refractivity contribution in [3.8, 4) is 34.2 Å². The third-order valence-electron chi connectivity index (χ3n) is 12.1. The van der Waals surface area contributed by atoms with Gasteiger partial charge in [0.25, 0.3) is 0 Å². The van der Waals surface area contributed by atoms with Gasteiger partial charge in [0.1, 0.15) is 16.8 Å². The minimum absolute atomic E-state index is 0. The quantitative estimate of drug-likeness (QED) is 0.0219. The molecular formula is C69H137ClN10O6Si8. The molecule has 2 unspecified atom stereocenters. The van der Waals surface area contributed by atoms with Crippen LogP contribution in [0.4, 0.5) is 11.6 Å². The maximum Gasteiger partial charge on any atom is 0.315 e. The van der Waals surface area contributed by atoms with Gasteiger partial charge >= 0.3 is 34.2 Å². The van der Waals surface area contributed by atoms with Gasteiger partial charge in [-0.2, -0.15) is 0 Å². The van der Waals surface area contributed by atoms with Crippen LogP contribution in [0.3, 0.4) is 0 Å². The van der Waals surface area contributed by atoms with Gasteiger partial charge in [-0.05, 0) is 176 Å². The summed E-state index contributed by atoms with van der Waals surface area (Å²) in [6, 6.07) is 37.8. The fraction of sp³-hybridized carbons (Fsp3) is 0.565. The van der Waals surface area contributed by atoms with E-state index in [2.05, 4.69) is 167 Å². The molecule has 94 heavy (non-hydrogen) atoms. The molecule has 3 aromatic heterocycles. The molecular weight excluding hydrogens is 1320 g/mol. The second-order valence-electron chi connectivity index (χ2n) is 27.0. The van der Waals surface area contributed by atoms with Crippen molar-refractivity contribution < 1.29 is 24.7 Å². The number of aryl methyl sites for hydroxylation is 3. The first-order chi connectivity index (χ1) is 39.8. The van der Waals surface area contributed by atoms with Crippen LogP contribution in [-0.4, -0.2) is 137 Å². The molecule has 3 heterocycles. The maximum atomic E-state index is 6.99. The van der Waals surface area contributed by atoms with Crippen LogP contribution in [-0.2, 0) is 24.7 Å². The number of halogens is 1. The van der Waals surface area contributed by atoms with E-state index in [-0.39, 0.29) is 59.4 Å². The maximum absolute atomic E-state index is 6.99. The Labute approximate surface area is 590 Å². The second-order valence-corrected chi connectivity index (χ2v) is 60.3. The highest BCUT2D eigenvalue weighted by atomic mass is 35.5. The fourth-order valence-corrected chi connectivity index (χ4v) is 46.3. The lowest BCUT2D eigenvalue weighted by atomic mass is 10.2. The average Bonchev–Trinajstić information content (AvgIpc) is 0.855. The van der Waals surface area contributed by atoms with E-state index in [4.69, 9.17) is 57.0 Å². The molecule has 6 rings (SSSR count). The van der Waals surface area contributed by atoms with Gasteiger partial charge in [0.2, 0.25) is 0 Å². The van der Waals surface area contributed by atoms with Crippen molar-refractivity contribution in [2.75, 3.05) is 49.5 Å². The Kier molecular flexibility index (Phi) is 46.6. The summed E-state index contributed by atoms with van der Waals surface area (Å²) in [5.41, 5.74) is 11.2. The topological polar surface area (TPSA) is 186 Å². The van der Waals surface area contributed by atoms with Crippen LogP contribution in [0.15, 0.2) is 109 Å². The summed E-state index contributed by atoms with van der Waals surface area (Å²) in [7, 11) is -16.3. The van der Waals surface area contributed by atoms with E-state index in [1.807, 2.05) is 106 Å². The molecule has 0 aliphatic heterocycles. The number of aromatic nitrogens is 6. The minimum atomic E-state index is -2.56. The summed E-state index contributed by atoms with van der Waals surface area (Å²) in [4.78, 5) is 30.2. The molecule has 6 aromatic rings. The molecule has 16 nitrogen and oxygen atoms in total. The van der Waals surface area contributed by atoms with Crippen molar-refractivity contribution in [3.05, 3.63) is 131 Å². The molecule has 0 fully saturated rings. The number of hydrogen-bond donors (Lipinski definition) is 3. The molecule has 0 amide bonds. The van der Waals surface area contributed by atoms with Crippen molar-refractivity contribution >= 4 is 90.7 Å². The summed E-state index contributed by atoms with van der Waals surface area (Å²) >= 11 is 5.85. The number of rotatable bonds is 30. The number of nitrogens with zero attached hydrogens (tertiary/aromatic N) is 7. The largest absolute Gasteiger partial charge is 0.437 e. The molecule has 0 saturated heterocycles. The van der Waals surface area contributed by atoms with Crippen LogP contribution >= 0.6 is 11.6 Å². The molecule has 0 saturated carbocycles. The van der Waals surface area contributed by atoms with Crippen molar-refractivity contribution in [2.45, 2.75) is 223 Å². The molecule has 0 aliphatic rings. The van der Waals surface area contributed by atoms with Crippen LogP contribution < -0.4 is 21.3 Å². The highest BCUT2D eigenvalue weighted by Gasteiger charge is 2.45. The first-order valence-corrected chi connectivity index (χ1v) is 55.0. The molecule has 0 spiro atoms. The molecule has 538 valence electrons. The number of anilines is 2. The monoisotopic (exact) mass is 1460 g/mol. The molecule has 2 atom stereocenters. The standard InChI is InChI=1S/C36H56N6O3Si4.C14H40N2O3Si4.C11H9ClN2.8CH4/c1-29-27-33(40-35(38-29)31-19-14-12-15-20-31)37-23-25-42(34-28-30(2)39-36(41-34)32-21-16-13-17-22-32)24-18-26-49(11,44-47(6,7)8)45-48(9,10)43-46(3,4)5;1-20(2,3)17-22(7,8)19-23(9,18-21(4,5)6)14-10-12-16-13-11-15;1-8-7-10(12)14-11(13-8)9-5-3-2-4-6-9;;;;;;;;/h12-17,19-22,27-28H,18,23-26H2,1-11H3,(H,37,38,40);16H,10-15H2,1-9H3;2-7H,1H3;8*1H4. The summed E-state index contributed by atoms with van der Waals surface area (Å²) in [5.74, 6) is 3.84. The first-order valence-electron chi connectivity index (χ1n) is 30.3. The predicted molar refractivity (Wildman–Crippen MR) is 435 cm³/mol. The lowest BCUT2D eigenvalue weighted by molar-refractivity contribution is 0.320. The third-order valence-corrected chi connectivity index (χ3v) is 39.4. The summed E-state index contributed by atoms with van der Waals surface area (Å²) in [5, 5.41) is 7.41. The Morgan fingerprint density at radius 2 is 0.766 bits per heavy atom. The Hall–Kier alpha value is -3.79. The number of nitrogens with two attached hydrogens (primary N) is 1. The van der Waals surface area contributed by atoms with E-state index in [0.717, 1.165) is 108 Å². The smallest absolute Gasteiger partial charge is 0.315 e. The summed E-state index contributed by atoms with van der Waals surface area (Å²) < 4.78 is 40.1. The van der Waals surface area contributed by atoms with Crippen LogP contribution in [0.25, 0.3) is 34.2 Å². The van der Waals surface area contributed by atoms with Gasteiger partial charge in [0.05, 0.1) is 0 Å². The van der Waals surface area contributed by atoms with Gasteiger partial charge in [0, 0.05) is 78.6 Å². The molecule has 0 aliphatic carbocycles. The lowest BCUT2D eigenvalue weighted by Gasteiger charge is -2.41. The van der Waals surface area contributed by atoms with Crippen LogP contribution in [0.5, 0.6) is 0 Å². The van der Waals surface area contributed by atoms with Crippen LogP contribution in [0.1, 0.15) is 89.3 Å². The van der Waals surface area contributed by atoms with Crippen LogP contribution in [0, 0.1) is 20.8 Å². The minimum Gasteiger partial charge on any atom is -0.437 e. The Bertz CT molecular complexity index is 2960. The van der Waals surface area contributed by atoms with Gasteiger partial charge in [0.15, 0.2) is 50.7 Å². The summed E-state index contributed by atoms with van der Waals surface area (Å²) in [6.45, 7) is 50.6. The van der Waals surface area contributed by atoms with Gasteiger partial charge in [-0.15, -0.1) is 0 Å². The lowest BCUT2D eigenvalue weighted by Crippen LogP contribution is -2.57. The highest BCUT2D eigenvalue weighted by molar-refractivity contribution is 6.90. The van der Waals surface area contributed by atoms with Crippen molar-refractivity contribution in [1.82, 2.24) is 35.2 Å². The van der Waals surface area contributed by atoms with E-state index in [9.17, 15) is 0 Å². The summed E-state index contributed by atoms with van der Waals surface area (Å²) in [6.07, 6.45) is 1.96. The normalized spacial score (nSPS) is 12.6. The number of nitrogens with one attached hydrogen (secondary N) is 2. The second kappa shape index (κ2) is 44.3. The van der Waals surface area contributed by atoms with E-state index in [1.54, 1.807) is 6.07 Å². The highest BCUT2D eigenvalue weighted by Crippen LogP contribution is 2.31. The molecule has 3 aromatic carbocycles. The molecule has 4 N–H and O–H groups in total. The van der Waals surface area contributed by atoms with Gasteiger partial charge < -0.3 is 46.0 Å². The van der Waals surface area contributed by atoms with Crippen molar-refractivity contribution in [3.63, 3.8) is 0 Å². The third kappa shape index (κ3) is 40.2. The first kappa shape index (κ1) is 98.9. The fourth-order valence-electron chi connectivity index (χ4n) is 10.2. The zero-order valence-corrected chi connectivity index (χ0v) is 64.8. The Morgan fingerprint density at radius 1 is 0.404 bits per heavy atom. The zero-order valence-electron chi connectivity index (χ0n) is 56.0. The molecule has 0 bridgehead atoms. The Balaban J connectivity index is -0.000000490. The molecule has 0 radical (unpaired) electrons. The predicted octanol–water partition coefficient (Wildman–Crippen LogP) is 20.6. The van der Waals surface area contributed by atoms with Crippen molar-refractivity contribution in [2.24, 2.45) is 5.73 Å². The van der Waals surface area contributed by atoms with Gasteiger partial charge in [-0.3, -0.25) is 0 Å². The number of benzene rings is 3. The SMILES string of the molecule is C.C.C.C.C.C.C.C.C[Si](C)(C)O[Si](C)(C)O[Si](C)(CCCNCCN)O[Si](C)(C)C.Cc1cc(Cl)nc(-c2ccccc2)n1.Cc1cc(NCCN(CCC[Si](C)(O[Si](C)(C)C)O[Si](C)(C)O[Si](C)(C)C)c2cc(C)nc(-c3ccccc3)n2)nc(-c2ccccc2)n1. The molecule has 25 heteroatoms. The van der Waals surface area contributed by atoms with Gasteiger partial charge in [-0.1, -0.05) is 162 Å². The Morgan fingerprint density at radius 3 is 1.15 bits per heavy atom.